The predicted octanol–water partition coefficient (Wildman–Crippen LogP) is 2.70. The fraction of sp³-hybridized carbons (Fsp3) is 0.471. The summed E-state index contributed by atoms with van der Waals surface area (Å²) in [7, 11) is 0. The summed E-state index contributed by atoms with van der Waals surface area (Å²) in [5, 5.41) is 3.23. The SMILES string of the molecule is CC(C)C[C@H](C)OCCC(=O)Nc1ccc2nc[nH]c(=O)c2c1. The molecule has 6 nitrogen and oxygen atoms in total. The highest BCUT2D eigenvalue weighted by Crippen LogP contribution is 2.14. The largest absolute Gasteiger partial charge is 0.378 e. The van der Waals surface area contributed by atoms with Crippen LogP contribution in [-0.4, -0.2) is 28.6 Å². The number of hydrogen-bond acceptors (Lipinski definition) is 4. The highest BCUT2D eigenvalue weighted by Gasteiger charge is 2.08. The summed E-state index contributed by atoms with van der Waals surface area (Å²) in [5.74, 6) is 0.435. The predicted molar refractivity (Wildman–Crippen MR) is 90.5 cm³/mol. The minimum absolute atomic E-state index is 0.138. The van der Waals surface area contributed by atoms with Crippen LogP contribution in [0.1, 0.15) is 33.6 Å². The summed E-state index contributed by atoms with van der Waals surface area (Å²) in [5.41, 5.74) is 0.950. The van der Waals surface area contributed by atoms with E-state index in [1.54, 1.807) is 18.2 Å². The van der Waals surface area contributed by atoms with E-state index in [0.717, 1.165) is 6.42 Å². The summed E-state index contributed by atoms with van der Waals surface area (Å²) >= 11 is 0. The van der Waals surface area contributed by atoms with Gasteiger partial charge in [-0.25, -0.2) is 4.98 Å². The van der Waals surface area contributed by atoms with Gasteiger partial charge < -0.3 is 15.0 Å². The molecule has 1 heterocycles. The maximum absolute atomic E-state index is 11.9. The van der Waals surface area contributed by atoms with Gasteiger partial charge >= 0.3 is 0 Å². The Kier molecular flexibility index (Phi) is 5.87. The number of nitrogens with zero attached hydrogens (tertiary/aromatic N) is 1. The highest BCUT2D eigenvalue weighted by molar-refractivity contribution is 5.93. The smallest absolute Gasteiger partial charge is 0.258 e. The molecule has 2 rings (SSSR count). The molecule has 0 saturated heterocycles. The van der Waals surface area contributed by atoms with Crippen molar-refractivity contribution in [1.29, 1.82) is 0 Å². The molecule has 0 aliphatic rings. The number of benzene rings is 1. The molecule has 2 N–H and O–H groups in total. The second-order valence-electron chi connectivity index (χ2n) is 6.07. The highest BCUT2D eigenvalue weighted by atomic mass is 16.5. The lowest BCUT2D eigenvalue weighted by Gasteiger charge is -2.15. The Hall–Kier alpha value is -2.21. The first-order valence-electron chi connectivity index (χ1n) is 7.84. The molecule has 1 aromatic heterocycles. The molecule has 0 aliphatic carbocycles. The molecule has 0 saturated carbocycles. The molecular weight excluding hydrogens is 294 g/mol. The van der Waals surface area contributed by atoms with Crippen molar-refractivity contribution < 1.29 is 9.53 Å². The van der Waals surface area contributed by atoms with Crippen molar-refractivity contribution in [3.05, 3.63) is 34.9 Å². The van der Waals surface area contributed by atoms with Crippen molar-refractivity contribution in [2.45, 2.75) is 39.7 Å². The Morgan fingerprint density at radius 1 is 1.35 bits per heavy atom. The van der Waals surface area contributed by atoms with E-state index in [2.05, 4.69) is 29.1 Å². The van der Waals surface area contributed by atoms with Gasteiger partial charge in [0.1, 0.15) is 0 Å². The first kappa shape index (κ1) is 17.1. The van der Waals surface area contributed by atoms with Gasteiger partial charge in [-0.15, -0.1) is 0 Å². The second kappa shape index (κ2) is 7.87. The zero-order valence-corrected chi connectivity index (χ0v) is 13.8. The zero-order valence-electron chi connectivity index (χ0n) is 13.8. The Labute approximate surface area is 135 Å². The molecule has 0 radical (unpaired) electrons. The van der Waals surface area contributed by atoms with Crippen LogP contribution in [0.25, 0.3) is 10.9 Å². The van der Waals surface area contributed by atoms with E-state index in [1.165, 1.54) is 6.33 Å². The van der Waals surface area contributed by atoms with E-state index in [0.29, 0.717) is 29.1 Å². The Morgan fingerprint density at radius 3 is 2.87 bits per heavy atom. The molecule has 2 aromatic rings. The molecule has 1 aromatic carbocycles. The van der Waals surface area contributed by atoms with Gasteiger partial charge in [0.15, 0.2) is 0 Å². The Morgan fingerprint density at radius 2 is 2.13 bits per heavy atom. The number of nitrogens with one attached hydrogen (secondary N) is 2. The van der Waals surface area contributed by atoms with Crippen LogP contribution < -0.4 is 10.9 Å². The fourth-order valence-electron chi connectivity index (χ4n) is 2.45. The quantitative estimate of drug-likeness (QED) is 0.822. The standard InChI is InChI=1S/C17H23N3O3/c1-11(2)8-12(3)23-7-6-16(21)20-13-4-5-15-14(9-13)17(22)19-10-18-15/h4-5,9-12H,6-8H2,1-3H3,(H,20,21)(H,18,19,22)/t12-/m0/s1. The van der Waals surface area contributed by atoms with E-state index in [-0.39, 0.29) is 24.0 Å². The third kappa shape index (κ3) is 5.17. The maximum atomic E-state index is 11.9. The monoisotopic (exact) mass is 317 g/mol. The van der Waals surface area contributed by atoms with Gasteiger partial charge in [0.05, 0.1) is 36.4 Å². The lowest BCUT2D eigenvalue weighted by atomic mass is 10.1. The van der Waals surface area contributed by atoms with Crippen molar-refractivity contribution in [2.75, 3.05) is 11.9 Å². The van der Waals surface area contributed by atoms with E-state index < -0.39 is 0 Å². The number of rotatable bonds is 7. The van der Waals surface area contributed by atoms with Crippen LogP contribution in [0.2, 0.25) is 0 Å². The first-order valence-corrected chi connectivity index (χ1v) is 7.84. The normalized spacial score (nSPS) is 12.5. The number of H-pyrrole nitrogens is 1. The summed E-state index contributed by atoms with van der Waals surface area (Å²) in [4.78, 5) is 30.3. The molecule has 0 unspecified atom stereocenters. The van der Waals surface area contributed by atoms with Crippen LogP contribution in [-0.2, 0) is 9.53 Å². The number of carbonyl (C=O) groups excluding carboxylic acids is 1. The minimum atomic E-state index is -0.225. The van der Waals surface area contributed by atoms with Gasteiger partial charge in [0.25, 0.3) is 5.56 Å². The third-order valence-corrected chi connectivity index (χ3v) is 3.46. The minimum Gasteiger partial charge on any atom is -0.378 e. The number of aromatic amines is 1. The number of fused-ring (bicyclic) bond motifs is 1. The third-order valence-electron chi connectivity index (χ3n) is 3.46. The molecule has 1 atom stereocenters. The molecule has 23 heavy (non-hydrogen) atoms. The molecule has 124 valence electrons. The van der Waals surface area contributed by atoms with Gasteiger partial charge in [-0.1, -0.05) is 13.8 Å². The number of carbonyl (C=O) groups is 1. The van der Waals surface area contributed by atoms with Crippen LogP contribution in [0.4, 0.5) is 5.69 Å². The maximum Gasteiger partial charge on any atom is 0.258 e. The average Bonchev–Trinajstić information content (AvgIpc) is 2.47. The number of anilines is 1. The lowest BCUT2D eigenvalue weighted by Crippen LogP contribution is -2.18. The van der Waals surface area contributed by atoms with Gasteiger partial charge in [0.2, 0.25) is 5.91 Å². The van der Waals surface area contributed by atoms with Crippen LogP contribution in [0.3, 0.4) is 0 Å². The lowest BCUT2D eigenvalue weighted by molar-refractivity contribution is -0.117. The Balaban J connectivity index is 1.88. The van der Waals surface area contributed by atoms with Crippen molar-refractivity contribution >= 4 is 22.5 Å². The molecule has 6 heteroatoms. The van der Waals surface area contributed by atoms with Crippen LogP contribution in [0, 0.1) is 5.92 Å². The summed E-state index contributed by atoms with van der Waals surface area (Å²) in [6.07, 6.45) is 2.76. The van der Waals surface area contributed by atoms with Crippen molar-refractivity contribution in [2.24, 2.45) is 5.92 Å². The van der Waals surface area contributed by atoms with E-state index in [1.807, 2.05) is 6.92 Å². The summed E-state index contributed by atoms with van der Waals surface area (Å²) in [6.45, 7) is 6.68. The van der Waals surface area contributed by atoms with Gasteiger partial charge in [0, 0.05) is 5.69 Å². The fourth-order valence-corrected chi connectivity index (χ4v) is 2.45. The number of ether oxygens (including phenoxy) is 1. The van der Waals surface area contributed by atoms with Crippen molar-refractivity contribution in [1.82, 2.24) is 9.97 Å². The van der Waals surface area contributed by atoms with Crippen LogP contribution in [0.5, 0.6) is 0 Å². The number of hydrogen-bond donors (Lipinski definition) is 2. The summed E-state index contributed by atoms with van der Waals surface area (Å²) < 4.78 is 5.62. The van der Waals surface area contributed by atoms with E-state index >= 15 is 0 Å². The van der Waals surface area contributed by atoms with Gasteiger partial charge in [-0.3, -0.25) is 9.59 Å². The van der Waals surface area contributed by atoms with Gasteiger partial charge in [-0.2, -0.15) is 0 Å². The second-order valence-corrected chi connectivity index (χ2v) is 6.07. The van der Waals surface area contributed by atoms with Crippen molar-refractivity contribution in [3.63, 3.8) is 0 Å². The zero-order chi connectivity index (χ0) is 16.8. The van der Waals surface area contributed by atoms with E-state index in [4.69, 9.17) is 4.74 Å². The molecule has 0 fully saturated rings. The molecular formula is C17H23N3O3. The molecule has 0 aliphatic heterocycles. The van der Waals surface area contributed by atoms with Crippen molar-refractivity contribution in [3.8, 4) is 0 Å². The van der Waals surface area contributed by atoms with Crippen LogP contribution >= 0.6 is 0 Å². The average molecular weight is 317 g/mol. The summed E-state index contributed by atoms with van der Waals surface area (Å²) in [6, 6.07) is 5.07. The van der Waals surface area contributed by atoms with Gasteiger partial charge in [-0.05, 0) is 37.5 Å². The molecule has 0 spiro atoms. The first-order chi connectivity index (χ1) is 11.0. The van der Waals surface area contributed by atoms with E-state index in [9.17, 15) is 9.59 Å². The number of aromatic nitrogens is 2. The molecule has 1 amide bonds. The molecule has 0 bridgehead atoms. The number of amides is 1. The van der Waals surface area contributed by atoms with Crippen LogP contribution in [0.15, 0.2) is 29.3 Å². The Bertz CT molecular complexity index is 724. The topological polar surface area (TPSA) is 84.1 Å².